The first kappa shape index (κ1) is 14.4. The summed E-state index contributed by atoms with van der Waals surface area (Å²) in [5.74, 6) is -0.988. The summed E-state index contributed by atoms with van der Waals surface area (Å²) in [7, 11) is 0. The van der Waals surface area contributed by atoms with Gasteiger partial charge in [0.1, 0.15) is 17.3 Å². The van der Waals surface area contributed by atoms with E-state index in [9.17, 15) is 14.0 Å². The Kier molecular flexibility index (Phi) is 5.22. The largest absolute Gasteiger partial charge is 0.507 e. The molecule has 0 atom stereocenters. The fourth-order valence-electron chi connectivity index (χ4n) is 1.23. The predicted octanol–water partition coefficient (Wildman–Crippen LogP) is 2.55. The van der Waals surface area contributed by atoms with Crippen molar-refractivity contribution in [2.75, 3.05) is 0 Å². The van der Waals surface area contributed by atoms with Gasteiger partial charge in [-0.25, -0.2) is 4.39 Å². The summed E-state index contributed by atoms with van der Waals surface area (Å²) in [4.78, 5) is 20.1. The topological polar surface area (TPSA) is 74.6 Å². The molecular formula is C14H11FO4. The molecule has 0 aliphatic heterocycles. The van der Waals surface area contributed by atoms with Crippen LogP contribution in [0.5, 0.6) is 11.5 Å². The number of para-hydroxylation sites is 1. The minimum Gasteiger partial charge on any atom is -0.507 e. The molecule has 19 heavy (non-hydrogen) atoms. The second kappa shape index (κ2) is 6.90. The fourth-order valence-corrected chi connectivity index (χ4v) is 1.23. The lowest BCUT2D eigenvalue weighted by atomic mass is 10.2. The molecule has 2 aromatic rings. The molecule has 0 amide bonds. The Morgan fingerprint density at radius 3 is 1.89 bits per heavy atom. The van der Waals surface area contributed by atoms with Crippen molar-refractivity contribution in [3.05, 3.63) is 59.4 Å². The van der Waals surface area contributed by atoms with E-state index in [1.54, 1.807) is 18.2 Å². The summed E-state index contributed by atoms with van der Waals surface area (Å²) < 4.78 is 12.5. The number of halogens is 1. The van der Waals surface area contributed by atoms with Crippen LogP contribution >= 0.6 is 0 Å². The summed E-state index contributed by atoms with van der Waals surface area (Å²) in [6, 6.07) is 10.1. The van der Waals surface area contributed by atoms with Crippen LogP contribution < -0.4 is 0 Å². The van der Waals surface area contributed by atoms with Gasteiger partial charge in [-0.1, -0.05) is 18.2 Å². The van der Waals surface area contributed by atoms with Crippen molar-refractivity contribution >= 4 is 12.6 Å². The Hall–Kier alpha value is -2.69. The lowest BCUT2D eigenvalue weighted by Crippen LogP contribution is -1.86. The summed E-state index contributed by atoms with van der Waals surface area (Å²) >= 11 is 0. The average molecular weight is 262 g/mol. The molecule has 98 valence electrons. The number of aromatic hydroxyl groups is 2. The van der Waals surface area contributed by atoms with Crippen molar-refractivity contribution in [2.45, 2.75) is 0 Å². The highest BCUT2D eigenvalue weighted by atomic mass is 19.1. The van der Waals surface area contributed by atoms with Crippen LogP contribution in [0, 0.1) is 5.82 Å². The normalized spacial score (nSPS) is 9.11. The number of rotatable bonds is 2. The molecule has 0 spiro atoms. The van der Waals surface area contributed by atoms with Gasteiger partial charge in [0.25, 0.3) is 0 Å². The van der Waals surface area contributed by atoms with Crippen LogP contribution in [-0.4, -0.2) is 22.8 Å². The summed E-state index contributed by atoms with van der Waals surface area (Å²) in [5, 5.41) is 17.7. The number of benzene rings is 2. The zero-order valence-electron chi connectivity index (χ0n) is 9.79. The van der Waals surface area contributed by atoms with Crippen LogP contribution in [0.3, 0.4) is 0 Å². The monoisotopic (exact) mass is 262 g/mol. The van der Waals surface area contributed by atoms with Gasteiger partial charge in [0.2, 0.25) is 0 Å². The molecule has 0 bridgehead atoms. The molecule has 5 heteroatoms. The highest BCUT2D eigenvalue weighted by Gasteiger charge is 2.03. The van der Waals surface area contributed by atoms with Crippen LogP contribution in [0.1, 0.15) is 20.7 Å². The molecule has 0 aromatic heterocycles. The Balaban J connectivity index is 0.000000191. The highest BCUT2D eigenvalue weighted by molar-refractivity contribution is 5.79. The Bertz CT molecular complexity index is 561. The Labute approximate surface area is 108 Å². The third kappa shape index (κ3) is 3.92. The number of hydrogen-bond acceptors (Lipinski definition) is 4. The minimum absolute atomic E-state index is 0.0347. The van der Waals surface area contributed by atoms with Crippen molar-refractivity contribution in [3.8, 4) is 11.5 Å². The predicted molar refractivity (Wildman–Crippen MR) is 66.9 cm³/mol. The maximum Gasteiger partial charge on any atom is 0.156 e. The maximum absolute atomic E-state index is 12.5. The Morgan fingerprint density at radius 1 is 0.842 bits per heavy atom. The van der Waals surface area contributed by atoms with Gasteiger partial charge in [-0.3, -0.25) is 9.59 Å². The van der Waals surface area contributed by atoms with E-state index in [1.807, 2.05) is 0 Å². The first-order chi connectivity index (χ1) is 9.10. The molecule has 0 saturated carbocycles. The van der Waals surface area contributed by atoms with Crippen molar-refractivity contribution in [2.24, 2.45) is 0 Å². The van der Waals surface area contributed by atoms with Gasteiger partial charge in [0.15, 0.2) is 12.6 Å². The average Bonchev–Trinajstić information content (AvgIpc) is 2.40. The molecule has 0 heterocycles. The number of carbonyl (C=O) groups is 2. The lowest BCUT2D eigenvalue weighted by molar-refractivity contribution is 0.111. The van der Waals surface area contributed by atoms with E-state index in [1.165, 1.54) is 18.2 Å². The molecule has 0 saturated heterocycles. The van der Waals surface area contributed by atoms with E-state index in [2.05, 4.69) is 0 Å². The third-order valence-corrected chi connectivity index (χ3v) is 2.21. The van der Waals surface area contributed by atoms with Crippen LogP contribution in [0.4, 0.5) is 4.39 Å². The highest BCUT2D eigenvalue weighted by Crippen LogP contribution is 2.16. The van der Waals surface area contributed by atoms with Gasteiger partial charge in [0, 0.05) is 0 Å². The molecule has 2 N–H and O–H groups in total. The number of hydrogen-bond donors (Lipinski definition) is 2. The van der Waals surface area contributed by atoms with E-state index in [-0.39, 0.29) is 23.3 Å². The first-order valence-corrected chi connectivity index (χ1v) is 5.26. The lowest BCUT2D eigenvalue weighted by Gasteiger charge is -1.95. The van der Waals surface area contributed by atoms with Crippen molar-refractivity contribution < 1.29 is 24.2 Å². The van der Waals surface area contributed by atoms with Crippen LogP contribution in [0.15, 0.2) is 42.5 Å². The van der Waals surface area contributed by atoms with Crippen molar-refractivity contribution in [1.82, 2.24) is 0 Å². The molecule has 2 rings (SSSR count). The van der Waals surface area contributed by atoms with E-state index >= 15 is 0 Å². The van der Waals surface area contributed by atoms with Crippen molar-refractivity contribution in [1.29, 1.82) is 0 Å². The number of aldehydes is 2. The standard InChI is InChI=1S/C7H5FO2.C7H6O2/c8-6-2-1-3-7(10)5(6)4-9;8-5-6-3-1-2-4-7(6)9/h1-4,10H;1-5,9H. The number of phenolic OH excluding ortho intramolecular Hbond substituents is 2. The zero-order chi connectivity index (χ0) is 14.3. The van der Waals surface area contributed by atoms with E-state index < -0.39 is 5.82 Å². The molecule has 0 aliphatic rings. The van der Waals surface area contributed by atoms with Gasteiger partial charge < -0.3 is 10.2 Å². The molecule has 2 aromatic carbocycles. The molecule has 0 radical (unpaired) electrons. The summed E-state index contributed by atoms with van der Waals surface area (Å²) in [5.41, 5.74) is 0.0417. The minimum atomic E-state index is -0.699. The Morgan fingerprint density at radius 2 is 1.47 bits per heavy atom. The van der Waals surface area contributed by atoms with Crippen LogP contribution in [0.25, 0.3) is 0 Å². The fraction of sp³-hybridized carbons (Fsp3) is 0. The number of phenols is 2. The molecule has 0 unspecified atom stereocenters. The van der Waals surface area contributed by atoms with Gasteiger partial charge in [-0.05, 0) is 24.3 Å². The molecule has 0 fully saturated rings. The smallest absolute Gasteiger partial charge is 0.156 e. The van der Waals surface area contributed by atoms with E-state index in [0.29, 0.717) is 11.8 Å². The molecule has 4 nitrogen and oxygen atoms in total. The van der Waals surface area contributed by atoms with Crippen LogP contribution in [0.2, 0.25) is 0 Å². The van der Waals surface area contributed by atoms with Gasteiger partial charge in [0.05, 0.1) is 11.1 Å². The van der Waals surface area contributed by atoms with Crippen molar-refractivity contribution in [3.63, 3.8) is 0 Å². The van der Waals surface area contributed by atoms with E-state index in [4.69, 9.17) is 10.2 Å². The maximum atomic E-state index is 12.5. The second-order valence-electron chi connectivity index (χ2n) is 3.47. The van der Waals surface area contributed by atoms with Gasteiger partial charge in [-0.2, -0.15) is 0 Å². The first-order valence-electron chi connectivity index (χ1n) is 5.26. The second-order valence-corrected chi connectivity index (χ2v) is 3.47. The summed E-state index contributed by atoms with van der Waals surface area (Å²) in [6.07, 6.45) is 0.903. The molecule has 0 aliphatic carbocycles. The van der Waals surface area contributed by atoms with Gasteiger partial charge in [-0.15, -0.1) is 0 Å². The zero-order valence-corrected chi connectivity index (χ0v) is 9.79. The quantitative estimate of drug-likeness (QED) is 0.815. The van der Waals surface area contributed by atoms with E-state index in [0.717, 1.165) is 6.07 Å². The molecular weight excluding hydrogens is 251 g/mol. The summed E-state index contributed by atoms with van der Waals surface area (Å²) in [6.45, 7) is 0. The van der Waals surface area contributed by atoms with Gasteiger partial charge >= 0.3 is 0 Å². The third-order valence-electron chi connectivity index (χ3n) is 2.21. The SMILES string of the molecule is O=Cc1c(O)cccc1F.O=Cc1ccccc1O. The number of carbonyl (C=O) groups excluding carboxylic acids is 2. The van der Waals surface area contributed by atoms with Crippen LogP contribution in [-0.2, 0) is 0 Å².